The molecule has 1 aliphatic rings. The summed E-state index contributed by atoms with van der Waals surface area (Å²) >= 11 is 0. The molecule has 1 aliphatic heterocycles. The summed E-state index contributed by atoms with van der Waals surface area (Å²) in [5.74, 6) is -1.68. The van der Waals surface area contributed by atoms with Gasteiger partial charge < -0.3 is 16.2 Å². The van der Waals surface area contributed by atoms with Gasteiger partial charge in [-0.3, -0.25) is 14.5 Å². The van der Waals surface area contributed by atoms with Crippen LogP contribution in [0.3, 0.4) is 0 Å². The number of amides is 2. The third-order valence-corrected chi connectivity index (χ3v) is 3.00. The first-order valence-corrected chi connectivity index (χ1v) is 5.60. The Balaban J connectivity index is 2.17. The van der Waals surface area contributed by atoms with Crippen LogP contribution in [0.4, 0.5) is 11.4 Å². The smallest absolute Gasteiger partial charge is 0.337 e. The van der Waals surface area contributed by atoms with E-state index in [1.54, 1.807) is 0 Å². The van der Waals surface area contributed by atoms with Gasteiger partial charge in [-0.15, -0.1) is 0 Å². The molecule has 0 saturated carbocycles. The van der Waals surface area contributed by atoms with E-state index in [2.05, 4.69) is 5.32 Å². The monoisotopic (exact) mass is 263 g/mol. The fourth-order valence-electron chi connectivity index (χ4n) is 1.92. The summed E-state index contributed by atoms with van der Waals surface area (Å²) in [5.41, 5.74) is 6.20. The van der Waals surface area contributed by atoms with Crippen molar-refractivity contribution in [1.29, 1.82) is 0 Å². The summed E-state index contributed by atoms with van der Waals surface area (Å²) in [6.07, 6.45) is 0.0793. The van der Waals surface area contributed by atoms with E-state index in [0.717, 1.165) is 4.90 Å². The number of rotatable bonds is 3. The maximum atomic E-state index is 11.7. The van der Waals surface area contributed by atoms with E-state index in [0.29, 0.717) is 5.69 Å². The maximum absolute atomic E-state index is 11.7. The van der Waals surface area contributed by atoms with Crippen LogP contribution in [0.25, 0.3) is 0 Å². The molecule has 0 spiro atoms. The van der Waals surface area contributed by atoms with Gasteiger partial charge in [0.05, 0.1) is 12.0 Å². The molecule has 2 rings (SSSR count). The number of hydrogen-bond acceptors (Lipinski definition) is 5. The Bertz CT molecular complexity index is 570. The van der Waals surface area contributed by atoms with Crippen LogP contribution >= 0.6 is 0 Å². The number of aromatic carboxylic acids is 1. The number of nitrogens with one attached hydrogen (secondary N) is 1. The first kappa shape index (κ1) is 12.9. The fourth-order valence-corrected chi connectivity index (χ4v) is 1.92. The number of imide groups is 1. The topological polar surface area (TPSA) is 113 Å². The number of likely N-dealkylation sites (tertiary alicyclic amines) is 1. The van der Waals surface area contributed by atoms with Gasteiger partial charge in [0.2, 0.25) is 5.91 Å². The molecular weight excluding hydrogens is 250 g/mol. The van der Waals surface area contributed by atoms with Gasteiger partial charge in [0.1, 0.15) is 6.04 Å². The standard InChI is InChI=1S/C12H13N3O4/c1-15-10(16)5-9(11(15)17)14-6-2-3-7(12(18)19)8(13)4-6/h2-4,9,14H,5,13H2,1H3,(H,18,19). The number of likely N-dealkylation sites (N-methyl/N-ethyl adjacent to an activating group) is 1. The van der Waals surface area contributed by atoms with Crippen molar-refractivity contribution in [3.8, 4) is 0 Å². The van der Waals surface area contributed by atoms with Crippen LogP contribution in [-0.2, 0) is 9.59 Å². The Hall–Kier alpha value is -2.57. The van der Waals surface area contributed by atoms with E-state index in [1.165, 1.54) is 25.2 Å². The number of anilines is 2. The van der Waals surface area contributed by atoms with E-state index >= 15 is 0 Å². The van der Waals surface area contributed by atoms with Crippen LogP contribution < -0.4 is 11.1 Å². The van der Waals surface area contributed by atoms with Crippen molar-refractivity contribution in [1.82, 2.24) is 4.90 Å². The molecule has 1 unspecified atom stereocenters. The third kappa shape index (κ3) is 2.35. The Morgan fingerprint density at radius 2 is 2.16 bits per heavy atom. The van der Waals surface area contributed by atoms with Gasteiger partial charge in [0.25, 0.3) is 5.91 Å². The minimum absolute atomic E-state index is 0.00325. The molecule has 0 radical (unpaired) electrons. The lowest BCUT2D eigenvalue weighted by molar-refractivity contribution is -0.136. The number of carboxylic acids is 1. The van der Waals surface area contributed by atoms with Crippen LogP contribution in [-0.4, -0.2) is 40.9 Å². The molecule has 0 aliphatic carbocycles. The summed E-state index contributed by atoms with van der Waals surface area (Å²) in [5, 5.41) is 11.7. The van der Waals surface area contributed by atoms with Crippen molar-refractivity contribution in [2.24, 2.45) is 0 Å². The van der Waals surface area contributed by atoms with Crippen LogP contribution in [0.2, 0.25) is 0 Å². The van der Waals surface area contributed by atoms with Crippen LogP contribution in [0.1, 0.15) is 16.8 Å². The highest BCUT2D eigenvalue weighted by molar-refractivity contribution is 6.06. The highest BCUT2D eigenvalue weighted by atomic mass is 16.4. The van der Waals surface area contributed by atoms with E-state index in [9.17, 15) is 14.4 Å². The SMILES string of the molecule is CN1C(=O)CC(Nc2ccc(C(=O)O)c(N)c2)C1=O. The van der Waals surface area contributed by atoms with Gasteiger partial charge in [0.15, 0.2) is 0 Å². The molecule has 100 valence electrons. The predicted molar refractivity (Wildman–Crippen MR) is 67.6 cm³/mol. The number of nitrogen functional groups attached to an aromatic ring is 1. The number of carboxylic acid groups (broad SMARTS) is 1. The molecule has 1 atom stereocenters. The van der Waals surface area contributed by atoms with Crippen molar-refractivity contribution >= 4 is 29.2 Å². The number of hydrogen-bond donors (Lipinski definition) is 3. The Morgan fingerprint density at radius 1 is 1.47 bits per heavy atom. The highest BCUT2D eigenvalue weighted by Gasteiger charge is 2.35. The minimum atomic E-state index is -1.11. The Labute approximate surface area is 109 Å². The third-order valence-electron chi connectivity index (χ3n) is 3.00. The largest absolute Gasteiger partial charge is 0.478 e. The molecule has 1 fully saturated rings. The van der Waals surface area contributed by atoms with Gasteiger partial charge in [-0.1, -0.05) is 0 Å². The van der Waals surface area contributed by atoms with Gasteiger partial charge >= 0.3 is 5.97 Å². The summed E-state index contributed by atoms with van der Waals surface area (Å²) in [6.45, 7) is 0. The van der Waals surface area contributed by atoms with Gasteiger partial charge in [0, 0.05) is 18.4 Å². The molecule has 0 bridgehead atoms. The van der Waals surface area contributed by atoms with Crippen LogP contribution in [0, 0.1) is 0 Å². The zero-order chi connectivity index (χ0) is 14.2. The minimum Gasteiger partial charge on any atom is -0.478 e. The van der Waals surface area contributed by atoms with Crippen molar-refractivity contribution in [3.05, 3.63) is 23.8 Å². The predicted octanol–water partition coefficient (Wildman–Crippen LogP) is 0.136. The molecule has 1 aromatic rings. The molecule has 1 aromatic carbocycles. The van der Waals surface area contributed by atoms with Gasteiger partial charge in [-0.25, -0.2) is 4.79 Å². The lowest BCUT2D eigenvalue weighted by atomic mass is 10.1. The molecule has 1 saturated heterocycles. The number of carbonyl (C=O) groups is 3. The molecular formula is C12H13N3O4. The van der Waals surface area contributed by atoms with Gasteiger partial charge in [-0.05, 0) is 18.2 Å². The first-order chi connectivity index (χ1) is 8.90. The lowest BCUT2D eigenvalue weighted by Crippen LogP contribution is -2.31. The zero-order valence-corrected chi connectivity index (χ0v) is 10.2. The lowest BCUT2D eigenvalue weighted by Gasteiger charge is -2.13. The number of nitrogens with zero attached hydrogens (tertiary/aromatic N) is 1. The van der Waals surface area contributed by atoms with E-state index < -0.39 is 12.0 Å². The quantitative estimate of drug-likeness (QED) is 0.528. The second-order valence-electron chi connectivity index (χ2n) is 4.30. The average molecular weight is 263 g/mol. The highest BCUT2D eigenvalue weighted by Crippen LogP contribution is 2.21. The number of benzene rings is 1. The summed E-state index contributed by atoms with van der Waals surface area (Å²) in [4.78, 5) is 34.9. The van der Waals surface area contributed by atoms with Crippen LogP contribution in [0.5, 0.6) is 0 Å². The van der Waals surface area contributed by atoms with Crippen LogP contribution in [0.15, 0.2) is 18.2 Å². The fraction of sp³-hybridized carbons (Fsp3) is 0.250. The zero-order valence-electron chi connectivity index (χ0n) is 10.2. The summed E-state index contributed by atoms with van der Waals surface area (Å²) in [6, 6.07) is 3.66. The Kier molecular flexibility index (Phi) is 3.12. The molecule has 1 heterocycles. The van der Waals surface area contributed by atoms with Gasteiger partial charge in [-0.2, -0.15) is 0 Å². The first-order valence-electron chi connectivity index (χ1n) is 5.60. The molecule has 7 nitrogen and oxygen atoms in total. The number of carbonyl (C=O) groups excluding carboxylic acids is 2. The van der Waals surface area contributed by atoms with Crippen molar-refractivity contribution < 1.29 is 19.5 Å². The van der Waals surface area contributed by atoms with E-state index in [-0.39, 0.29) is 29.5 Å². The van der Waals surface area contributed by atoms with Crippen molar-refractivity contribution in [3.63, 3.8) is 0 Å². The summed E-state index contributed by atoms with van der Waals surface area (Å²) in [7, 11) is 1.42. The second-order valence-corrected chi connectivity index (χ2v) is 4.30. The molecule has 0 aromatic heterocycles. The molecule has 2 amide bonds. The van der Waals surface area contributed by atoms with E-state index in [1.807, 2.05) is 0 Å². The second kappa shape index (κ2) is 4.60. The molecule has 7 heteroatoms. The molecule has 19 heavy (non-hydrogen) atoms. The molecule has 4 N–H and O–H groups in total. The van der Waals surface area contributed by atoms with Crippen molar-refractivity contribution in [2.75, 3.05) is 18.1 Å². The average Bonchev–Trinajstić information content (AvgIpc) is 2.57. The summed E-state index contributed by atoms with van der Waals surface area (Å²) < 4.78 is 0. The van der Waals surface area contributed by atoms with E-state index in [4.69, 9.17) is 10.8 Å². The Morgan fingerprint density at radius 3 is 2.63 bits per heavy atom. The maximum Gasteiger partial charge on any atom is 0.337 e. The number of nitrogens with two attached hydrogens (primary N) is 1. The normalized spacial score (nSPS) is 18.8. The van der Waals surface area contributed by atoms with Crippen molar-refractivity contribution in [2.45, 2.75) is 12.5 Å².